The fourth-order valence-electron chi connectivity index (χ4n) is 2.21. The Morgan fingerprint density at radius 1 is 1.00 bits per heavy atom. The molecule has 2 aromatic carbocycles. The van der Waals surface area contributed by atoms with Crippen molar-refractivity contribution < 1.29 is 13.5 Å². The molecule has 0 bridgehead atoms. The van der Waals surface area contributed by atoms with Crippen molar-refractivity contribution in [1.82, 2.24) is 0 Å². The monoisotopic (exact) mass is 277 g/mol. The molecular weight excluding hydrogens is 260 g/mol. The van der Waals surface area contributed by atoms with Gasteiger partial charge in [0.15, 0.2) is 11.6 Å². The number of nitrogens with two attached hydrogens (primary N) is 1. The van der Waals surface area contributed by atoms with E-state index >= 15 is 0 Å². The molecule has 2 atom stereocenters. The Bertz CT molecular complexity index is 587. The number of methoxy groups -OCH3 is 1. The third kappa shape index (κ3) is 2.71. The highest BCUT2D eigenvalue weighted by Crippen LogP contribution is 2.32. The lowest BCUT2D eigenvalue weighted by Crippen LogP contribution is -2.23. The molecule has 2 unspecified atom stereocenters. The molecule has 0 fully saturated rings. The van der Waals surface area contributed by atoms with Crippen LogP contribution in [0.4, 0.5) is 8.78 Å². The lowest BCUT2D eigenvalue weighted by Gasteiger charge is -2.24. The van der Waals surface area contributed by atoms with Crippen LogP contribution in [0, 0.1) is 18.6 Å². The smallest absolute Gasteiger partial charge is 0.163 e. The summed E-state index contributed by atoms with van der Waals surface area (Å²) in [6, 6.07) is 11.5. The van der Waals surface area contributed by atoms with Gasteiger partial charge in [-0.1, -0.05) is 42.5 Å². The molecule has 0 aliphatic carbocycles. The largest absolute Gasteiger partial charge is 0.375 e. The van der Waals surface area contributed by atoms with Gasteiger partial charge in [0.05, 0.1) is 6.04 Å². The van der Waals surface area contributed by atoms with Crippen LogP contribution in [0.15, 0.2) is 42.5 Å². The fourth-order valence-corrected chi connectivity index (χ4v) is 2.21. The minimum atomic E-state index is -0.907. The second-order valence-electron chi connectivity index (χ2n) is 4.69. The standard InChI is InChI=1S/C16H17F2NO/c1-10-8-9-12(14(18)13(10)17)15(19)16(20-2)11-6-4-3-5-7-11/h3-9,15-16H,19H2,1-2H3. The Hall–Kier alpha value is -1.78. The van der Waals surface area contributed by atoms with Crippen LogP contribution in [-0.2, 0) is 4.74 Å². The van der Waals surface area contributed by atoms with Crippen LogP contribution in [0.5, 0.6) is 0 Å². The first-order valence-electron chi connectivity index (χ1n) is 6.34. The first kappa shape index (κ1) is 14.6. The average molecular weight is 277 g/mol. The van der Waals surface area contributed by atoms with Crippen LogP contribution in [0.2, 0.25) is 0 Å². The molecule has 4 heteroatoms. The molecule has 2 N–H and O–H groups in total. The van der Waals surface area contributed by atoms with E-state index in [0.717, 1.165) is 5.56 Å². The highest BCUT2D eigenvalue weighted by atomic mass is 19.2. The SMILES string of the molecule is COC(c1ccccc1)C(N)c1ccc(C)c(F)c1F. The zero-order chi connectivity index (χ0) is 14.7. The summed E-state index contributed by atoms with van der Waals surface area (Å²) in [5.74, 6) is -1.77. The molecule has 0 saturated carbocycles. The summed E-state index contributed by atoms with van der Waals surface area (Å²) < 4.78 is 33.0. The van der Waals surface area contributed by atoms with Gasteiger partial charge in [0.1, 0.15) is 6.10 Å². The highest BCUT2D eigenvalue weighted by Gasteiger charge is 2.25. The van der Waals surface area contributed by atoms with Crippen LogP contribution in [-0.4, -0.2) is 7.11 Å². The Morgan fingerprint density at radius 3 is 2.25 bits per heavy atom. The van der Waals surface area contributed by atoms with E-state index < -0.39 is 23.8 Å². The van der Waals surface area contributed by atoms with Crippen molar-refractivity contribution in [2.24, 2.45) is 5.73 Å². The summed E-state index contributed by atoms with van der Waals surface area (Å²) in [5, 5.41) is 0. The van der Waals surface area contributed by atoms with Gasteiger partial charge >= 0.3 is 0 Å². The molecule has 2 aromatic rings. The maximum atomic E-state index is 14.0. The van der Waals surface area contributed by atoms with Gasteiger partial charge in [-0.05, 0) is 18.1 Å². The molecule has 20 heavy (non-hydrogen) atoms. The highest BCUT2D eigenvalue weighted by molar-refractivity contribution is 5.31. The molecule has 0 spiro atoms. The summed E-state index contributed by atoms with van der Waals surface area (Å²) in [4.78, 5) is 0. The lowest BCUT2D eigenvalue weighted by atomic mass is 9.95. The van der Waals surface area contributed by atoms with Gasteiger partial charge in [-0.2, -0.15) is 0 Å². The molecule has 0 radical (unpaired) electrons. The van der Waals surface area contributed by atoms with Crippen LogP contribution in [0.25, 0.3) is 0 Å². The van der Waals surface area contributed by atoms with Crippen molar-refractivity contribution in [2.75, 3.05) is 7.11 Å². The number of hydrogen-bond acceptors (Lipinski definition) is 2. The molecule has 0 amide bonds. The van der Waals surface area contributed by atoms with Crippen LogP contribution < -0.4 is 5.73 Å². The minimum Gasteiger partial charge on any atom is -0.375 e. The number of hydrogen-bond donors (Lipinski definition) is 1. The van der Waals surface area contributed by atoms with Crippen molar-refractivity contribution in [3.63, 3.8) is 0 Å². The quantitative estimate of drug-likeness (QED) is 0.925. The van der Waals surface area contributed by atoms with E-state index in [-0.39, 0.29) is 11.1 Å². The van der Waals surface area contributed by atoms with E-state index in [1.807, 2.05) is 30.3 Å². The summed E-state index contributed by atoms with van der Waals surface area (Å²) in [6.45, 7) is 1.51. The topological polar surface area (TPSA) is 35.2 Å². The Balaban J connectivity index is 2.39. The average Bonchev–Trinajstić information content (AvgIpc) is 2.47. The molecular formula is C16H17F2NO. The number of rotatable bonds is 4. The molecule has 0 aliphatic heterocycles. The van der Waals surface area contributed by atoms with E-state index in [9.17, 15) is 8.78 Å². The van der Waals surface area contributed by atoms with Gasteiger partial charge in [0.25, 0.3) is 0 Å². The van der Waals surface area contributed by atoms with E-state index in [2.05, 4.69) is 0 Å². The molecule has 0 saturated heterocycles. The van der Waals surface area contributed by atoms with Crippen LogP contribution in [0.1, 0.15) is 28.8 Å². The molecule has 0 heterocycles. The predicted molar refractivity (Wildman–Crippen MR) is 74.2 cm³/mol. The molecule has 2 nitrogen and oxygen atoms in total. The third-order valence-electron chi connectivity index (χ3n) is 3.37. The number of ether oxygens (including phenoxy) is 1. The summed E-state index contributed by atoms with van der Waals surface area (Å²) >= 11 is 0. The zero-order valence-corrected chi connectivity index (χ0v) is 11.4. The summed E-state index contributed by atoms with van der Waals surface area (Å²) in [6.07, 6.45) is -0.534. The Morgan fingerprint density at radius 2 is 1.65 bits per heavy atom. The van der Waals surface area contributed by atoms with Gasteiger partial charge < -0.3 is 10.5 Å². The maximum Gasteiger partial charge on any atom is 0.163 e. The summed E-state index contributed by atoms with van der Waals surface area (Å²) in [7, 11) is 1.50. The van der Waals surface area contributed by atoms with E-state index in [0.29, 0.717) is 0 Å². The molecule has 0 aromatic heterocycles. The fraction of sp³-hybridized carbons (Fsp3) is 0.250. The number of benzene rings is 2. The summed E-state index contributed by atoms with van der Waals surface area (Å²) in [5.41, 5.74) is 7.26. The Labute approximate surface area is 117 Å². The second-order valence-corrected chi connectivity index (χ2v) is 4.69. The van der Waals surface area contributed by atoms with Crippen LogP contribution in [0.3, 0.4) is 0 Å². The molecule has 0 aliphatic rings. The van der Waals surface area contributed by atoms with E-state index in [1.165, 1.54) is 26.2 Å². The third-order valence-corrected chi connectivity index (χ3v) is 3.37. The van der Waals surface area contributed by atoms with Gasteiger partial charge in [0, 0.05) is 12.7 Å². The molecule has 106 valence electrons. The minimum absolute atomic E-state index is 0.115. The van der Waals surface area contributed by atoms with E-state index in [4.69, 9.17) is 10.5 Å². The molecule has 2 rings (SSSR count). The number of aryl methyl sites for hydroxylation is 1. The lowest BCUT2D eigenvalue weighted by molar-refractivity contribution is 0.0789. The maximum absolute atomic E-state index is 14.0. The van der Waals surface area contributed by atoms with E-state index in [1.54, 1.807) is 0 Å². The van der Waals surface area contributed by atoms with Crippen molar-refractivity contribution in [3.05, 3.63) is 70.8 Å². The number of halogens is 2. The zero-order valence-electron chi connectivity index (χ0n) is 11.4. The predicted octanol–water partition coefficient (Wildman–Crippen LogP) is 3.66. The van der Waals surface area contributed by atoms with Crippen LogP contribution >= 0.6 is 0 Å². The van der Waals surface area contributed by atoms with Gasteiger partial charge in [-0.3, -0.25) is 0 Å². The van der Waals surface area contributed by atoms with Gasteiger partial charge in [0.2, 0.25) is 0 Å². The van der Waals surface area contributed by atoms with Crippen molar-refractivity contribution in [1.29, 1.82) is 0 Å². The van der Waals surface area contributed by atoms with Crippen molar-refractivity contribution >= 4 is 0 Å². The normalized spacial score (nSPS) is 14.1. The first-order chi connectivity index (χ1) is 9.56. The van der Waals surface area contributed by atoms with Gasteiger partial charge in [-0.15, -0.1) is 0 Å². The second kappa shape index (κ2) is 6.11. The van der Waals surface area contributed by atoms with Crippen molar-refractivity contribution in [2.45, 2.75) is 19.1 Å². The van der Waals surface area contributed by atoms with Crippen molar-refractivity contribution in [3.8, 4) is 0 Å². The Kier molecular flexibility index (Phi) is 4.47. The van der Waals surface area contributed by atoms with Gasteiger partial charge in [-0.25, -0.2) is 8.78 Å². The first-order valence-corrected chi connectivity index (χ1v) is 6.34.